The monoisotopic (exact) mass is 375 g/mol. The van der Waals surface area contributed by atoms with E-state index in [9.17, 15) is 18.8 Å². The molecular weight excluding hydrogens is 358 g/mol. The fourth-order valence-corrected chi connectivity index (χ4v) is 5.86. The molecule has 4 nitrogen and oxygen atoms in total. The first-order valence-corrected chi connectivity index (χ1v) is 9.93. The molecule has 0 aliphatic heterocycles. The fourth-order valence-electron chi connectivity index (χ4n) is 3.42. The Morgan fingerprint density at radius 2 is 1.76 bits per heavy atom. The SMILES string of the molecule is CCc1ccc(C2C(S(=O)(=O)c3ccc(Cl)cc3)C2(C#N)CO)cc1. The summed E-state index contributed by atoms with van der Waals surface area (Å²) in [4.78, 5) is 0.114. The number of aryl methyl sites for hydroxylation is 1. The number of rotatable bonds is 5. The lowest BCUT2D eigenvalue weighted by atomic mass is 10.00. The van der Waals surface area contributed by atoms with E-state index in [0.717, 1.165) is 17.5 Å². The molecule has 3 atom stereocenters. The molecular formula is C19H18ClNO3S. The first kappa shape index (κ1) is 17.9. The van der Waals surface area contributed by atoms with Crippen LogP contribution in [0.4, 0.5) is 0 Å². The second kappa shape index (κ2) is 6.45. The zero-order chi connectivity index (χ0) is 18.2. The Morgan fingerprint density at radius 3 is 2.24 bits per heavy atom. The van der Waals surface area contributed by atoms with Gasteiger partial charge >= 0.3 is 0 Å². The maximum Gasteiger partial charge on any atom is 0.183 e. The van der Waals surface area contributed by atoms with Crippen molar-refractivity contribution in [2.75, 3.05) is 6.61 Å². The standard InChI is InChI=1S/C19H18ClNO3S/c1-2-13-3-5-14(6-4-13)17-18(19(17,11-21)12-22)25(23,24)16-9-7-15(20)8-10-16/h3-10,17-18,22H,2,12H2,1H3. The van der Waals surface area contributed by atoms with Crippen LogP contribution in [0.5, 0.6) is 0 Å². The van der Waals surface area contributed by atoms with Gasteiger partial charge in [-0.25, -0.2) is 8.42 Å². The molecule has 1 aliphatic rings. The largest absolute Gasteiger partial charge is 0.395 e. The van der Waals surface area contributed by atoms with Crippen LogP contribution < -0.4 is 0 Å². The molecule has 3 rings (SSSR count). The Bertz CT molecular complexity index is 917. The van der Waals surface area contributed by atoms with Crippen LogP contribution in [0.25, 0.3) is 0 Å². The second-order valence-corrected chi connectivity index (χ2v) is 8.81. The maximum absolute atomic E-state index is 13.0. The molecule has 0 saturated heterocycles. The van der Waals surface area contributed by atoms with E-state index in [-0.39, 0.29) is 4.90 Å². The van der Waals surface area contributed by atoms with Crippen molar-refractivity contribution in [1.82, 2.24) is 0 Å². The first-order chi connectivity index (χ1) is 11.9. The summed E-state index contributed by atoms with van der Waals surface area (Å²) >= 11 is 5.83. The number of benzene rings is 2. The van der Waals surface area contributed by atoms with Crippen LogP contribution in [-0.2, 0) is 16.3 Å². The van der Waals surface area contributed by atoms with Gasteiger partial charge in [0, 0.05) is 10.9 Å². The minimum Gasteiger partial charge on any atom is -0.395 e. The average molecular weight is 376 g/mol. The van der Waals surface area contributed by atoms with Crippen molar-refractivity contribution >= 4 is 21.4 Å². The summed E-state index contributed by atoms with van der Waals surface area (Å²) in [5.74, 6) is -0.547. The Labute approximate surface area is 152 Å². The summed E-state index contributed by atoms with van der Waals surface area (Å²) in [5, 5.41) is 18.9. The molecule has 0 spiro atoms. The number of nitrogens with zero attached hydrogens (tertiary/aromatic N) is 1. The number of halogens is 1. The molecule has 0 radical (unpaired) electrons. The van der Waals surface area contributed by atoms with E-state index < -0.39 is 33.0 Å². The summed E-state index contributed by atoms with van der Waals surface area (Å²) < 4.78 is 26.1. The van der Waals surface area contributed by atoms with Crippen LogP contribution in [0.2, 0.25) is 5.02 Å². The molecule has 25 heavy (non-hydrogen) atoms. The van der Waals surface area contributed by atoms with Crippen molar-refractivity contribution in [2.24, 2.45) is 5.41 Å². The third-order valence-electron chi connectivity index (χ3n) is 4.95. The zero-order valence-corrected chi connectivity index (χ0v) is 15.3. The van der Waals surface area contributed by atoms with E-state index in [0.29, 0.717) is 5.02 Å². The van der Waals surface area contributed by atoms with Crippen LogP contribution in [0.1, 0.15) is 24.0 Å². The number of sulfone groups is 1. The molecule has 2 aromatic carbocycles. The van der Waals surface area contributed by atoms with E-state index in [1.807, 2.05) is 31.2 Å². The normalized spacial score (nSPS) is 25.4. The van der Waals surface area contributed by atoms with Gasteiger partial charge in [-0.2, -0.15) is 5.26 Å². The van der Waals surface area contributed by atoms with Crippen LogP contribution in [0.15, 0.2) is 53.4 Å². The lowest BCUT2D eigenvalue weighted by molar-refractivity contribution is 0.242. The quantitative estimate of drug-likeness (QED) is 0.869. The molecule has 1 N–H and O–H groups in total. The van der Waals surface area contributed by atoms with Gasteiger partial charge in [0.1, 0.15) is 5.41 Å². The van der Waals surface area contributed by atoms with Crippen molar-refractivity contribution in [3.63, 3.8) is 0 Å². The van der Waals surface area contributed by atoms with Gasteiger partial charge in [0.05, 0.1) is 22.8 Å². The number of hydrogen-bond donors (Lipinski definition) is 1. The van der Waals surface area contributed by atoms with Crippen LogP contribution in [0, 0.1) is 16.7 Å². The Morgan fingerprint density at radius 1 is 1.16 bits per heavy atom. The Balaban J connectivity index is 2.04. The highest BCUT2D eigenvalue weighted by molar-refractivity contribution is 7.92. The zero-order valence-electron chi connectivity index (χ0n) is 13.7. The van der Waals surface area contributed by atoms with Crippen molar-refractivity contribution in [3.8, 4) is 6.07 Å². The van der Waals surface area contributed by atoms with E-state index >= 15 is 0 Å². The Kier molecular flexibility index (Phi) is 4.63. The molecule has 0 amide bonds. The lowest BCUT2D eigenvalue weighted by Gasteiger charge is -2.06. The van der Waals surface area contributed by atoms with E-state index in [2.05, 4.69) is 6.07 Å². The van der Waals surface area contributed by atoms with Gasteiger partial charge in [0.2, 0.25) is 0 Å². The highest BCUT2D eigenvalue weighted by Gasteiger charge is 2.72. The van der Waals surface area contributed by atoms with Gasteiger partial charge < -0.3 is 5.11 Å². The van der Waals surface area contributed by atoms with Crippen molar-refractivity contribution in [3.05, 3.63) is 64.7 Å². The number of aliphatic hydroxyl groups excluding tert-OH is 1. The summed E-state index contributed by atoms with van der Waals surface area (Å²) in [6, 6.07) is 15.5. The fraction of sp³-hybridized carbons (Fsp3) is 0.316. The van der Waals surface area contributed by atoms with Crippen molar-refractivity contribution < 1.29 is 13.5 Å². The van der Waals surface area contributed by atoms with Gasteiger partial charge in [-0.1, -0.05) is 42.8 Å². The van der Waals surface area contributed by atoms with Gasteiger partial charge in [-0.05, 0) is 41.8 Å². The van der Waals surface area contributed by atoms with Gasteiger partial charge in [-0.3, -0.25) is 0 Å². The van der Waals surface area contributed by atoms with E-state index in [4.69, 9.17) is 11.6 Å². The molecule has 0 bridgehead atoms. The topological polar surface area (TPSA) is 78.2 Å². The van der Waals surface area contributed by atoms with E-state index in [1.54, 1.807) is 0 Å². The van der Waals surface area contributed by atoms with Crippen LogP contribution >= 0.6 is 11.6 Å². The Hall–Kier alpha value is -1.87. The maximum atomic E-state index is 13.0. The van der Waals surface area contributed by atoms with Crippen molar-refractivity contribution in [2.45, 2.75) is 29.4 Å². The molecule has 2 aromatic rings. The summed E-state index contributed by atoms with van der Waals surface area (Å²) in [7, 11) is -3.77. The highest BCUT2D eigenvalue weighted by Crippen LogP contribution is 2.63. The third-order valence-corrected chi connectivity index (χ3v) is 7.49. The number of hydrogen-bond acceptors (Lipinski definition) is 4. The predicted molar refractivity (Wildman–Crippen MR) is 96.1 cm³/mol. The van der Waals surface area contributed by atoms with Crippen LogP contribution in [0.3, 0.4) is 0 Å². The first-order valence-electron chi connectivity index (χ1n) is 8.01. The summed E-state index contributed by atoms with van der Waals surface area (Å²) in [6.45, 7) is 1.54. The summed E-state index contributed by atoms with van der Waals surface area (Å²) in [6.07, 6.45) is 0.876. The second-order valence-electron chi connectivity index (χ2n) is 6.30. The minimum atomic E-state index is -3.77. The molecule has 1 aliphatic carbocycles. The molecule has 1 saturated carbocycles. The molecule has 1 fully saturated rings. The average Bonchev–Trinajstić information content (AvgIpc) is 3.33. The molecule has 0 heterocycles. The molecule has 130 valence electrons. The van der Waals surface area contributed by atoms with Gasteiger partial charge in [0.25, 0.3) is 0 Å². The molecule has 3 unspecified atom stereocenters. The highest BCUT2D eigenvalue weighted by atomic mass is 35.5. The van der Waals surface area contributed by atoms with E-state index in [1.165, 1.54) is 24.3 Å². The molecule has 6 heteroatoms. The third kappa shape index (κ3) is 2.85. The van der Waals surface area contributed by atoms with Gasteiger partial charge in [-0.15, -0.1) is 0 Å². The predicted octanol–water partition coefficient (Wildman–Crippen LogP) is 3.34. The summed E-state index contributed by atoms with van der Waals surface area (Å²) in [5.41, 5.74) is 0.579. The number of nitriles is 1. The number of aliphatic hydroxyl groups is 1. The molecule has 0 aromatic heterocycles. The lowest BCUT2D eigenvalue weighted by Crippen LogP contribution is -2.18. The smallest absolute Gasteiger partial charge is 0.183 e. The van der Waals surface area contributed by atoms with Crippen molar-refractivity contribution in [1.29, 1.82) is 5.26 Å². The van der Waals surface area contributed by atoms with Crippen LogP contribution in [-0.4, -0.2) is 25.4 Å². The minimum absolute atomic E-state index is 0.114. The van der Waals surface area contributed by atoms with Gasteiger partial charge in [0.15, 0.2) is 9.84 Å².